The lowest BCUT2D eigenvalue weighted by molar-refractivity contribution is -0.119. The molecule has 32 heavy (non-hydrogen) atoms. The molecule has 0 spiro atoms. The van der Waals surface area contributed by atoms with Crippen LogP contribution in [-0.4, -0.2) is 59.1 Å². The first kappa shape index (κ1) is 24.1. The van der Waals surface area contributed by atoms with E-state index in [1.54, 1.807) is 49.6 Å². The number of likely N-dealkylation sites (tertiary alicyclic amines) is 1. The summed E-state index contributed by atoms with van der Waals surface area (Å²) in [5.74, 6) is 0.292. The van der Waals surface area contributed by atoms with Crippen molar-refractivity contribution >= 4 is 21.6 Å². The minimum absolute atomic E-state index is 0.143. The molecule has 174 valence electrons. The SMILES string of the molecule is COc1ccc(N(CC(=O)NCCCN2CCCCCC2)S(=O)(=O)c2ccccc2)cc1. The first-order chi connectivity index (χ1) is 15.5. The first-order valence-electron chi connectivity index (χ1n) is 11.2. The Hall–Kier alpha value is -2.58. The number of amides is 1. The molecule has 1 aliphatic rings. The van der Waals surface area contributed by atoms with Gasteiger partial charge in [0.2, 0.25) is 5.91 Å². The molecule has 7 nitrogen and oxygen atoms in total. The zero-order valence-corrected chi connectivity index (χ0v) is 19.5. The van der Waals surface area contributed by atoms with Gasteiger partial charge < -0.3 is 15.0 Å². The number of carbonyl (C=O) groups excluding carboxylic acids is 1. The van der Waals surface area contributed by atoms with Crippen LogP contribution in [-0.2, 0) is 14.8 Å². The van der Waals surface area contributed by atoms with Gasteiger partial charge in [-0.05, 0) is 75.3 Å². The average molecular weight is 460 g/mol. The fourth-order valence-electron chi connectivity index (χ4n) is 3.86. The molecular weight excluding hydrogens is 426 g/mol. The molecule has 2 aromatic rings. The van der Waals surface area contributed by atoms with E-state index < -0.39 is 10.0 Å². The second kappa shape index (κ2) is 11.9. The number of ether oxygens (including phenoxy) is 1. The number of nitrogens with zero attached hydrogens (tertiary/aromatic N) is 2. The zero-order valence-electron chi connectivity index (χ0n) is 18.7. The van der Waals surface area contributed by atoms with Gasteiger partial charge >= 0.3 is 0 Å². The minimum Gasteiger partial charge on any atom is -0.497 e. The highest BCUT2D eigenvalue weighted by Gasteiger charge is 2.27. The van der Waals surface area contributed by atoms with E-state index in [0.717, 1.165) is 30.4 Å². The van der Waals surface area contributed by atoms with Crippen molar-refractivity contribution in [3.8, 4) is 5.75 Å². The molecular formula is C24H33N3O4S. The Morgan fingerprint density at radius 1 is 1.00 bits per heavy atom. The molecule has 1 saturated heterocycles. The summed E-state index contributed by atoms with van der Waals surface area (Å²) in [6, 6.07) is 14.8. The van der Waals surface area contributed by atoms with Crippen LogP contribution in [0.4, 0.5) is 5.69 Å². The number of hydrogen-bond donors (Lipinski definition) is 1. The topological polar surface area (TPSA) is 79.0 Å². The Bertz CT molecular complexity index is 941. The van der Waals surface area contributed by atoms with Gasteiger partial charge in [-0.3, -0.25) is 9.10 Å². The Morgan fingerprint density at radius 3 is 2.28 bits per heavy atom. The lowest BCUT2D eigenvalue weighted by atomic mass is 10.2. The van der Waals surface area contributed by atoms with Crippen LogP contribution in [0, 0.1) is 0 Å². The van der Waals surface area contributed by atoms with E-state index in [1.807, 2.05) is 0 Å². The molecule has 1 amide bonds. The summed E-state index contributed by atoms with van der Waals surface area (Å²) in [4.78, 5) is 15.3. The molecule has 3 rings (SSSR count). The van der Waals surface area contributed by atoms with Crippen molar-refractivity contribution in [2.24, 2.45) is 0 Å². The quantitative estimate of drug-likeness (QED) is 0.552. The molecule has 0 aliphatic carbocycles. The van der Waals surface area contributed by atoms with Gasteiger partial charge in [0, 0.05) is 6.54 Å². The molecule has 0 bridgehead atoms. The van der Waals surface area contributed by atoms with Crippen molar-refractivity contribution in [2.75, 3.05) is 44.1 Å². The van der Waals surface area contributed by atoms with Crippen LogP contribution in [0.25, 0.3) is 0 Å². The van der Waals surface area contributed by atoms with E-state index in [9.17, 15) is 13.2 Å². The second-order valence-corrected chi connectivity index (χ2v) is 9.84. The maximum absolute atomic E-state index is 13.3. The lowest BCUT2D eigenvalue weighted by Gasteiger charge is -2.24. The molecule has 0 atom stereocenters. The normalized spacial score (nSPS) is 15.0. The Morgan fingerprint density at radius 2 is 1.66 bits per heavy atom. The number of hydrogen-bond acceptors (Lipinski definition) is 5. The van der Waals surface area contributed by atoms with Crippen molar-refractivity contribution in [3.05, 3.63) is 54.6 Å². The summed E-state index contributed by atoms with van der Waals surface area (Å²) >= 11 is 0. The third-order valence-electron chi connectivity index (χ3n) is 5.65. The predicted octanol–water partition coefficient (Wildman–Crippen LogP) is 3.27. The monoisotopic (exact) mass is 459 g/mol. The van der Waals surface area contributed by atoms with Crippen molar-refractivity contribution in [1.29, 1.82) is 0 Å². The van der Waals surface area contributed by atoms with E-state index in [4.69, 9.17) is 4.74 Å². The summed E-state index contributed by atoms with van der Waals surface area (Å²) in [7, 11) is -2.35. The predicted molar refractivity (Wildman–Crippen MR) is 127 cm³/mol. The van der Waals surface area contributed by atoms with Crippen LogP contribution in [0.3, 0.4) is 0 Å². The second-order valence-electron chi connectivity index (χ2n) is 7.98. The third-order valence-corrected chi connectivity index (χ3v) is 7.44. The molecule has 0 unspecified atom stereocenters. The highest BCUT2D eigenvalue weighted by Crippen LogP contribution is 2.25. The standard InChI is InChI=1S/C24H33N3O4S/c1-31-22-14-12-21(13-15-22)27(32(29,30)23-10-5-4-6-11-23)20-24(28)25-16-9-19-26-17-7-2-3-8-18-26/h4-6,10-15H,2-3,7-9,16-20H2,1H3,(H,25,28). The summed E-state index contributed by atoms with van der Waals surface area (Å²) in [6.07, 6.45) is 5.91. The fourth-order valence-corrected chi connectivity index (χ4v) is 5.30. The first-order valence-corrected chi connectivity index (χ1v) is 12.7. The van der Waals surface area contributed by atoms with Gasteiger partial charge in [-0.2, -0.15) is 0 Å². The largest absolute Gasteiger partial charge is 0.497 e. The maximum atomic E-state index is 13.3. The Balaban J connectivity index is 1.64. The van der Waals surface area contributed by atoms with Gasteiger partial charge in [-0.25, -0.2) is 8.42 Å². The average Bonchev–Trinajstić information content (AvgIpc) is 3.10. The number of methoxy groups -OCH3 is 1. The molecule has 0 radical (unpaired) electrons. The summed E-state index contributed by atoms with van der Waals surface area (Å²) in [5, 5.41) is 2.89. The van der Waals surface area contributed by atoms with Crippen molar-refractivity contribution in [2.45, 2.75) is 37.0 Å². The van der Waals surface area contributed by atoms with Gasteiger partial charge in [0.05, 0.1) is 17.7 Å². The van der Waals surface area contributed by atoms with E-state index in [0.29, 0.717) is 18.0 Å². The number of anilines is 1. The van der Waals surface area contributed by atoms with E-state index >= 15 is 0 Å². The van der Waals surface area contributed by atoms with Crippen molar-refractivity contribution in [3.63, 3.8) is 0 Å². The van der Waals surface area contributed by atoms with Crippen LogP contribution in [0.5, 0.6) is 5.75 Å². The number of carbonyl (C=O) groups is 1. The summed E-state index contributed by atoms with van der Waals surface area (Å²) < 4.78 is 32.9. The summed E-state index contributed by atoms with van der Waals surface area (Å²) in [6.45, 7) is 3.43. The minimum atomic E-state index is -3.90. The van der Waals surface area contributed by atoms with Crippen LogP contribution >= 0.6 is 0 Å². The smallest absolute Gasteiger partial charge is 0.264 e. The highest BCUT2D eigenvalue weighted by molar-refractivity contribution is 7.92. The molecule has 8 heteroatoms. The van der Waals surface area contributed by atoms with Gasteiger partial charge in [0.1, 0.15) is 12.3 Å². The molecule has 0 aromatic heterocycles. The number of rotatable bonds is 10. The van der Waals surface area contributed by atoms with Gasteiger partial charge in [-0.1, -0.05) is 31.0 Å². The lowest BCUT2D eigenvalue weighted by Crippen LogP contribution is -2.41. The number of nitrogens with one attached hydrogen (secondary N) is 1. The zero-order chi connectivity index (χ0) is 22.8. The van der Waals surface area contributed by atoms with Gasteiger partial charge in [0.15, 0.2) is 0 Å². The molecule has 0 saturated carbocycles. The van der Waals surface area contributed by atoms with E-state index in [1.165, 1.54) is 37.8 Å². The number of sulfonamides is 1. The van der Waals surface area contributed by atoms with Crippen LogP contribution < -0.4 is 14.4 Å². The van der Waals surface area contributed by atoms with Gasteiger partial charge in [-0.15, -0.1) is 0 Å². The van der Waals surface area contributed by atoms with E-state index in [2.05, 4.69) is 10.2 Å². The van der Waals surface area contributed by atoms with Crippen LogP contribution in [0.15, 0.2) is 59.5 Å². The molecule has 1 heterocycles. The molecule has 1 fully saturated rings. The maximum Gasteiger partial charge on any atom is 0.264 e. The molecule has 1 N–H and O–H groups in total. The Kier molecular flexibility index (Phi) is 8.93. The fraction of sp³-hybridized carbons (Fsp3) is 0.458. The van der Waals surface area contributed by atoms with E-state index in [-0.39, 0.29) is 17.3 Å². The number of benzene rings is 2. The Labute approximate surface area is 191 Å². The third kappa shape index (κ3) is 6.71. The summed E-state index contributed by atoms with van der Waals surface area (Å²) in [5.41, 5.74) is 0.411. The van der Waals surface area contributed by atoms with Crippen LogP contribution in [0.2, 0.25) is 0 Å². The van der Waals surface area contributed by atoms with Gasteiger partial charge in [0.25, 0.3) is 10.0 Å². The molecule has 1 aliphatic heterocycles. The van der Waals surface area contributed by atoms with Crippen molar-refractivity contribution < 1.29 is 17.9 Å². The molecule has 2 aromatic carbocycles. The van der Waals surface area contributed by atoms with Crippen molar-refractivity contribution in [1.82, 2.24) is 10.2 Å². The highest BCUT2D eigenvalue weighted by atomic mass is 32.2. The van der Waals surface area contributed by atoms with Crippen LogP contribution in [0.1, 0.15) is 32.1 Å².